The Morgan fingerprint density at radius 2 is 1.94 bits per heavy atom. The zero-order valence-corrected chi connectivity index (χ0v) is 10.3. The van der Waals surface area contributed by atoms with Crippen molar-refractivity contribution in [3.05, 3.63) is 57.8 Å². The van der Waals surface area contributed by atoms with E-state index in [1.807, 2.05) is 6.07 Å². The van der Waals surface area contributed by atoms with Crippen LogP contribution in [0.1, 0.15) is 29.2 Å². The lowest BCUT2D eigenvalue weighted by Crippen LogP contribution is -2.11. The lowest BCUT2D eigenvalue weighted by Gasteiger charge is -2.11. The van der Waals surface area contributed by atoms with Gasteiger partial charge in [-0.1, -0.05) is 30.3 Å². The molecule has 2 rings (SSSR count). The van der Waals surface area contributed by atoms with Gasteiger partial charge in [0.2, 0.25) is 0 Å². The molecule has 0 aliphatic heterocycles. The minimum Gasteiger partial charge on any atom is -0.324 e. The minimum absolute atomic E-state index is 0.173. The van der Waals surface area contributed by atoms with Gasteiger partial charge >= 0.3 is 0 Å². The van der Waals surface area contributed by atoms with E-state index < -0.39 is 0 Å². The van der Waals surface area contributed by atoms with E-state index in [2.05, 4.69) is 41.9 Å². The zero-order chi connectivity index (χ0) is 11.4. The number of rotatable bonds is 4. The molecule has 2 N–H and O–H groups in total. The Hall–Kier alpha value is -1.12. The Morgan fingerprint density at radius 3 is 2.56 bits per heavy atom. The maximum Gasteiger partial charge on any atom is 0.0308 e. The number of benzene rings is 1. The summed E-state index contributed by atoms with van der Waals surface area (Å²) in [5.74, 6) is 0. The van der Waals surface area contributed by atoms with E-state index in [1.54, 1.807) is 11.3 Å². The van der Waals surface area contributed by atoms with Crippen molar-refractivity contribution in [2.45, 2.75) is 25.8 Å². The Balaban J connectivity index is 1.94. The highest BCUT2D eigenvalue weighted by molar-refractivity contribution is 7.08. The normalized spacial score (nSPS) is 12.6. The van der Waals surface area contributed by atoms with E-state index in [1.165, 1.54) is 16.7 Å². The Bertz CT molecular complexity index is 433. The molecule has 0 fully saturated rings. The molecule has 1 unspecified atom stereocenters. The molecule has 1 atom stereocenters. The van der Waals surface area contributed by atoms with Crippen LogP contribution in [-0.4, -0.2) is 0 Å². The number of hydrogen-bond acceptors (Lipinski definition) is 2. The van der Waals surface area contributed by atoms with Crippen LogP contribution in [0, 0.1) is 6.92 Å². The molecule has 84 valence electrons. The maximum absolute atomic E-state index is 6.19. The van der Waals surface area contributed by atoms with Crippen LogP contribution < -0.4 is 5.73 Å². The van der Waals surface area contributed by atoms with Gasteiger partial charge in [-0.25, -0.2) is 0 Å². The smallest absolute Gasteiger partial charge is 0.0308 e. The minimum atomic E-state index is 0.173. The molecule has 0 radical (unpaired) electrons. The van der Waals surface area contributed by atoms with E-state index in [0.717, 1.165) is 12.8 Å². The lowest BCUT2D eigenvalue weighted by atomic mass is 10.00. The molecular weight excluding hydrogens is 214 g/mol. The van der Waals surface area contributed by atoms with E-state index >= 15 is 0 Å². The standard InChI is InChI=1S/C14H17NS/c1-11-9-16-10-13(11)14(15)8-7-12-5-3-2-4-6-12/h2-6,9-10,14H,7-8,15H2,1H3. The second kappa shape index (κ2) is 5.28. The van der Waals surface area contributed by atoms with Gasteiger partial charge in [-0.3, -0.25) is 0 Å². The second-order valence-corrected chi connectivity index (χ2v) is 4.88. The molecule has 1 aromatic heterocycles. The summed E-state index contributed by atoms with van der Waals surface area (Å²) in [5.41, 5.74) is 10.2. The van der Waals surface area contributed by atoms with Crippen LogP contribution in [0.2, 0.25) is 0 Å². The summed E-state index contributed by atoms with van der Waals surface area (Å²) < 4.78 is 0. The fourth-order valence-electron chi connectivity index (χ4n) is 1.87. The Kier molecular flexibility index (Phi) is 3.75. The van der Waals surface area contributed by atoms with Crippen molar-refractivity contribution in [3.8, 4) is 0 Å². The highest BCUT2D eigenvalue weighted by Crippen LogP contribution is 2.23. The predicted molar refractivity (Wildman–Crippen MR) is 70.7 cm³/mol. The molecule has 2 aromatic rings. The van der Waals surface area contributed by atoms with E-state index in [9.17, 15) is 0 Å². The van der Waals surface area contributed by atoms with Gasteiger partial charge in [-0.2, -0.15) is 11.3 Å². The molecule has 0 spiro atoms. The molecule has 0 aliphatic rings. The first-order valence-corrected chi connectivity index (χ1v) is 6.54. The average molecular weight is 231 g/mol. The van der Waals surface area contributed by atoms with E-state index in [4.69, 9.17) is 5.73 Å². The van der Waals surface area contributed by atoms with Crippen molar-refractivity contribution in [2.24, 2.45) is 5.73 Å². The summed E-state index contributed by atoms with van der Waals surface area (Å²) in [4.78, 5) is 0. The van der Waals surface area contributed by atoms with Crippen LogP contribution >= 0.6 is 11.3 Å². The number of nitrogens with two attached hydrogens (primary N) is 1. The third kappa shape index (κ3) is 2.71. The van der Waals surface area contributed by atoms with E-state index in [0.29, 0.717) is 0 Å². The lowest BCUT2D eigenvalue weighted by molar-refractivity contribution is 0.650. The SMILES string of the molecule is Cc1cscc1C(N)CCc1ccccc1. The van der Waals surface area contributed by atoms with Crippen molar-refractivity contribution in [1.82, 2.24) is 0 Å². The molecule has 0 amide bonds. The van der Waals surface area contributed by atoms with Gasteiger partial charge in [0.25, 0.3) is 0 Å². The molecule has 0 bridgehead atoms. The first-order chi connectivity index (χ1) is 7.77. The van der Waals surface area contributed by atoms with Crippen molar-refractivity contribution in [2.75, 3.05) is 0 Å². The Morgan fingerprint density at radius 1 is 1.19 bits per heavy atom. The van der Waals surface area contributed by atoms with Crippen LogP contribution in [-0.2, 0) is 6.42 Å². The van der Waals surface area contributed by atoms with Gasteiger partial charge in [0.05, 0.1) is 0 Å². The summed E-state index contributed by atoms with van der Waals surface area (Å²) in [6.45, 7) is 2.13. The Labute approximate surface area is 101 Å². The van der Waals surface area contributed by atoms with Crippen LogP contribution in [0.3, 0.4) is 0 Å². The topological polar surface area (TPSA) is 26.0 Å². The van der Waals surface area contributed by atoms with Gasteiger partial charge in [0.1, 0.15) is 0 Å². The van der Waals surface area contributed by atoms with Gasteiger partial charge in [-0.15, -0.1) is 0 Å². The van der Waals surface area contributed by atoms with Gasteiger partial charge in [-0.05, 0) is 47.2 Å². The molecule has 2 heteroatoms. The molecule has 0 saturated carbocycles. The molecule has 0 saturated heterocycles. The summed E-state index contributed by atoms with van der Waals surface area (Å²) in [5, 5.41) is 4.34. The summed E-state index contributed by atoms with van der Waals surface area (Å²) in [7, 11) is 0. The summed E-state index contributed by atoms with van der Waals surface area (Å²) >= 11 is 1.74. The first kappa shape index (κ1) is 11.4. The van der Waals surface area contributed by atoms with Gasteiger partial charge in [0.15, 0.2) is 0 Å². The average Bonchev–Trinajstić information content (AvgIpc) is 2.74. The van der Waals surface area contributed by atoms with Crippen LogP contribution in [0.25, 0.3) is 0 Å². The predicted octanol–water partition coefficient (Wildman–Crippen LogP) is 3.69. The third-order valence-corrected chi connectivity index (χ3v) is 3.76. The van der Waals surface area contributed by atoms with Crippen LogP contribution in [0.4, 0.5) is 0 Å². The molecule has 16 heavy (non-hydrogen) atoms. The van der Waals surface area contributed by atoms with Crippen molar-refractivity contribution >= 4 is 11.3 Å². The highest BCUT2D eigenvalue weighted by atomic mass is 32.1. The second-order valence-electron chi connectivity index (χ2n) is 4.14. The zero-order valence-electron chi connectivity index (χ0n) is 9.52. The molecule has 1 heterocycles. The summed E-state index contributed by atoms with van der Waals surface area (Å²) in [6.07, 6.45) is 2.07. The van der Waals surface area contributed by atoms with Crippen molar-refractivity contribution < 1.29 is 0 Å². The third-order valence-electron chi connectivity index (χ3n) is 2.88. The first-order valence-electron chi connectivity index (χ1n) is 5.59. The number of hydrogen-bond donors (Lipinski definition) is 1. The van der Waals surface area contributed by atoms with Crippen molar-refractivity contribution in [3.63, 3.8) is 0 Å². The van der Waals surface area contributed by atoms with Crippen molar-refractivity contribution in [1.29, 1.82) is 0 Å². The molecular formula is C14H17NS. The van der Waals surface area contributed by atoms with Gasteiger partial charge < -0.3 is 5.73 Å². The number of thiophene rings is 1. The maximum atomic E-state index is 6.19. The van der Waals surface area contributed by atoms with Gasteiger partial charge in [0, 0.05) is 6.04 Å². The number of aryl methyl sites for hydroxylation is 2. The molecule has 1 aromatic carbocycles. The van der Waals surface area contributed by atoms with Crippen LogP contribution in [0.5, 0.6) is 0 Å². The van der Waals surface area contributed by atoms with E-state index in [-0.39, 0.29) is 6.04 Å². The molecule has 0 aliphatic carbocycles. The quantitative estimate of drug-likeness (QED) is 0.853. The largest absolute Gasteiger partial charge is 0.324 e. The highest BCUT2D eigenvalue weighted by Gasteiger charge is 2.09. The van der Waals surface area contributed by atoms with Crippen LogP contribution in [0.15, 0.2) is 41.1 Å². The monoisotopic (exact) mass is 231 g/mol. The fourth-order valence-corrected chi connectivity index (χ4v) is 2.79. The fraction of sp³-hybridized carbons (Fsp3) is 0.286. The summed E-state index contributed by atoms with van der Waals surface area (Å²) in [6, 6.07) is 10.7. The molecule has 1 nitrogen and oxygen atoms in total.